The molecule has 0 unspecified atom stereocenters. The van der Waals surface area contributed by atoms with E-state index in [2.05, 4.69) is 16.6 Å². The molecule has 0 atom stereocenters. The van der Waals surface area contributed by atoms with Crippen molar-refractivity contribution >= 4 is 40.1 Å². The molecule has 114 valence electrons. The van der Waals surface area contributed by atoms with Gasteiger partial charge in [0, 0.05) is 43.2 Å². The molecule has 1 heterocycles. The highest BCUT2D eigenvalue weighted by Gasteiger charge is 2.12. The molecule has 0 saturated carbocycles. The summed E-state index contributed by atoms with van der Waals surface area (Å²) in [5.74, 6) is 0.979. The molecule has 0 aliphatic carbocycles. The Morgan fingerprint density at radius 3 is 2.76 bits per heavy atom. The molecule has 1 rings (SSSR count). The maximum atomic E-state index is 11.0. The molecule has 2 N–H and O–H groups in total. The van der Waals surface area contributed by atoms with E-state index < -0.39 is 5.91 Å². The highest BCUT2D eigenvalue weighted by Crippen LogP contribution is 2.20. The van der Waals surface area contributed by atoms with Crippen molar-refractivity contribution in [3.8, 4) is 0 Å². The summed E-state index contributed by atoms with van der Waals surface area (Å²) in [7, 11) is 3.63. The number of amides is 1. The Morgan fingerprint density at radius 1 is 1.57 bits per heavy atom. The van der Waals surface area contributed by atoms with Crippen molar-refractivity contribution in [2.24, 2.45) is 10.7 Å². The summed E-state index contributed by atoms with van der Waals surface area (Å²) in [5, 5.41) is 0.851. The monoisotopic (exact) mass is 326 g/mol. The first-order valence-corrected chi connectivity index (χ1v) is 7.87. The zero-order valence-electron chi connectivity index (χ0n) is 12.2. The number of halogens is 1. The fraction of sp³-hybridized carbons (Fsp3) is 0.357. The lowest BCUT2D eigenvalue weighted by Crippen LogP contribution is -2.23. The quantitative estimate of drug-likeness (QED) is 0.377. The third-order valence-electron chi connectivity index (χ3n) is 2.74. The molecule has 21 heavy (non-hydrogen) atoms. The molecule has 0 radical (unpaired) electrons. The third-order valence-corrected chi connectivity index (χ3v) is 4.22. The predicted octanol–water partition coefficient (Wildman–Crippen LogP) is 2.43. The second-order valence-corrected chi connectivity index (χ2v) is 5.64. The predicted molar refractivity (Wildman–Crippen MR) is 90.7 cm³/mol. The summed E-state index contributed by atoms with van der Waals surface area (Å²) in [6, 6.07) is 3.35. The van der Waals surface area contributed by atoms with Crippen molar-refractivity contribution < 1.29 is 4.79 Å². The van der Waals surface area contributed by atoms with E-state index in [1.807, 2.05) is 11.9 Å². The van der Waals surface area contributed by atoms with Gasteiger partial charge in [-0.1, -0.05) is 18.3 Å². The molecule has 0 aliphatic rings. The van der Waals surface area contributed by atoms with Gasteiger partial charge >= 0.3 is 0 Å². The highest BCUT2D eigenvalue weighted by atomic mass is 35.5. The first-order chi connectivity index (χ1) is 10.0. The molecule has 0 spiro atoms. The number of carbonyl (C=O) groups is 1. The minimum Gasteiger partial charge on any atom is -0.364 e. The smallest absolute Gasteiger partial charge is 0.267 e. The minimum atomic E-state index is -0.548. The number of nitrogens with zero attached hydrogens (tertiary/aromatic N) is 3. The lowest BCUT2D eigenvalue weighted by molar-refractivity contribution is 0.0995. The number of alkyl halides is 1. The maximum absolute atomic E-state index is 11.0. The van der Waals surface area contributed by atoms with Crippen LogP contribution in [0.15, 0.2) is 29.9 Å². The molecule has 0 aromatic carbocycles. The Kier molecular flexibility index (Phi) is 7.25. The van der Waals surface area contributed by atoms with Gasteiger partial charge < -0.3 is 10.6 Å². The van der Waals surface area contributed by atoms with Crippen LogP contribution in [0.5, 0.6) is 0 Å². The van der Waals surface area contributed by atoms with Gasteiger partial charge in [0.1, 0.15) is 5.69 Å². The summed E-state index contributed by atoms with van der Waals surface area (Å²) >= 11 is 7.30. The summed E-state index contributed by atoms with van der Waals surface area (Å²) in [6.45, 7) is 4.05. The Balaban J connectivity index is 2.78. The molecule has 1 amide bonds. The van der Waals surface area contributed by atoms with E-state index in [4.69, 9.17) is 17.3 Å². The molecule has 0 bridgehead atoms. The number of rotatable bonds is 6. The van der Waals surface area contributed by atoms with Gasteiger partial charge in [-0.2, -0.15) is 0 Å². The van der Waals surface area contributed by atoms with E-state index in [1.165, 1.54) is 0 Å². The number of primary amides is 1. The van der Waals surface area contributed by atoms with Crippen LogP contribution in [0.4, 0.5) is 0 Å². The fourth-order valence-electron chi connectivity index (χ4n) is 1.55. The zero-order valence-corrected chi connectivity index (χ0v) is 13.7. The van der Waals surface area contributed by atoms with Gasteiger partial charge in [0.2, 0.25) is 0 Å². The Hall–Kier alpha value is -1.53. The second kappa shape index (κ2) is 8.69. The van der Waals surface area contributed by atoms with Crippen LogP contribution in [0.1, 0.15) is 22.5 Å². The topological polar surface area (TPSA) is 71.6 Å². The summed E-state index contributed by atoms with van der Waals surface area (Å²) < 4.78 is 0. The number of hydrogen-bond acceptors (Lipinski definition) is 4. The highest BCUT2D eigenvalue weighted by molar-refractivity contribution is 8.13. The van der Waals surface area contributed by atoms with Crippen LogP contribution in [0, 0.1) is 0 Å². The van der Waals surface area contributed by atoms with Crippen LogP contribution in [-0.2, 0) is 0 Å². The van der Waals surface area contributed by atoms with E-state index in [1.54, 1.807) is 37.1 Å². The molecular weight excluding hydrogens is 308 g/mol. The zero-order chi connectivity index (χ0) is 15.8. The average molecular weight is 327 g/mol. The molecule has 1 aromatic heterocycles. The van der Waals surface area contributed by atoms with Gasteiger partial charge in [0.25, 0.3) is 5.91 Å². The van der Waals surface area contributed by atoms with Crippen molar-refractivity contribution in [1.29, 1.82) is 0 Å². The number of hydrogen-bond donors (Lipinski definition) is 1. The molecular formula is C14H19ClN4OS. The van der Waals surface area contributed by atoms with Crippen LogP contribution in [0.3, 0.4) is 0 Å². The second-order valence-electron chi connectivity index (χ2n) is 4.20. The third kappa shape index (κ3) is 5.06. The standard InChI is InChI=1S/C14H19ClN4OS/c1-10(11-5-6-12(13(16)20)18-9-11)19(3)14(17-2)21-8-4-7-15/h5-6,9H,1,4,7-8H2,2-3H3,(H2,16,20)/b17-14+. The maximum Gasteiger partial charge on any atom is 0.267 e. The van der Waals surface area contributed by atoms with E-state index in [-0.39, 0.29) is 5.69 Å². The van der Waals surface area contributed by atoms with Crippen LogP contribution in [0.2, 0.25) is 0 Å². The van der Waals surface area contributed by atoms with Crippen LogP contribution < -0.4 is 5.73 Å². The molecule has 7 heteroatoms. The summed E-state index contributed by atoms with van der Waals surface area (Å²) in [6.07, 6.45) is 2.50. The van der Waals surface area contributed by atoms with E-state index >= 15 is 0 Å². The van der Waals surface area contributed by atoms with Crippen molar-refractivity contribution in [3.63, 3.8) is 0 Å². The van der Waals surface area contributed by atoms with Gasteiger partial charge in [-0.3, -0.25) is 14.8 Å². The molecule has 1 aromatic rings. The normalized spacial score (nSPS) is 11.3. The number of carbonyl (C=O) groups excluding carboxylic acids is 1. The minimum absolute atomic E-state index is 0.232. The van der Waals surface area contributed by atoms with Gasteiger partial charge in [0.15, 0.2) is 5.17 Å². The SMILES string of the molecule is C=C(c1ccc(C(N)=O)nc1)N(C)/C(=N\C)SCCCCl. The van der Waals surface area contributed by atoms with E-state index in [0.717, 1.165) is 28.6 Å². The Labute approximate surface area is 134 Å². The number of amidine groups is 1. The first kappa shape index (κ1) is 17.5. The summed E-state index contributed by atoms with van der Waals surface area (Å²) in [4.78, 5) is 21.2. The molecule has 0 aliphatic heterocycles. The number of pyridine rings is 1. The van der Waals surface area contributed by atoms with Gasteiger partial charge in [0.05, 0.1) is 0 Å². The lowest BCUT2D eigenvalue weighted by atomic mass is 10.2. The van der Waals surface area contributed by atoms with Gasteiger partial charge in [-0.15, -0.1) is 11.6 Å². The van der Waals surface area contributed by atoms with Crippen LogP contribution in [0.25, 0.3) is 5.70 Å². The lowest BCUT2D eigenvalue weighted by Gasteiger charge is -2.22. The molecule has 0 fully saturated rings. The largest absolute Gasteiger partial charge is 0.364 e. The Morgan fingerprint density at radius 2 is 2.29 bits per heavy atom. The van der Waals surface area contributed by atoms with E-state index in [9.17, 15) is 4.79 Å². The van der Waals surface area contributed by atoms with Crippen LogP contribution in [-0.4, -0.2) is 46.7 Å². The Bertz CT molecular complexity index is 530. The average Bonchev–Trinajstić information content (AvgIpc) is 2.50. The van der Waals surface area contributed by atoms with Crippen molar-refractivity contribution in [2.45, 2.75) is 6.42 Å². The van der Waals surface area contributed by atoms with E-state index in [0.29, 0.717) is 5.88 Å². The number of aliphatic imine (C=N–C) groups is 1. The van der Waals surface area contributed by atoms with Gasteiger partial charge in [-0.25, -0.2) is 0 Å². The fourth-order valence-corrected chi connectivity index (χ4v) is 2.75. The number of thioether (sulfide) groups is 1. The van der Waals surface area contributed by atoms with Gasteiger partial charge in [-0.05, 0) is 18.6 Å². The first-order valence-electron chi connectivity index (χ1n) is 6.35. The number of nitrogens with two attached hydrogens (primary N) is 1. The summed E-state index contributed by atoms with van der Waals surface area (Å²) in [5.41, 5.74) is 6.96. The van der Waals surface area contributed by atoms with Crippen molar-refractivity contribution in [1.82, 2.24) is 9.88 Å². The molecule has 0 saturated heterocycles. The van der Waals surface area contributed by atoms with Crippen molar-refractivity contribution in [2.75, 3.05) is 25.7 Å². The number of aromatic nitrogens is 1. The molecule has 5 nitrogen and oxygen atoms in total. The van der Waals surface area contributed by atoms with Crippen LogP contribution >= 0.6 is 23.4 Å². The van der Waals surface area contributed by atoms with Crippen molar-refractivity contribution in [3.05, 3.63) is 36.2 Å².